The number of allylic oxidation sites excluding steroid dienone is 3. The van der Waals surface area contributed by atoms with Crippen molar-refractivity contribution in [1.82, 2.24) is 0 Å². The third-order valence-corrected chi connectivity index (χ3v) is 0.445. The van der Waals surface area contributed by atoms with E-state index in [4.69, 9.17) is 4.79 Å². The van der Waals surface area contributed by atoms with Gasteiger partial charge in [-0.3, -0.25) is 4.79 Å². The van der Waals surface area contributed by atoms with Crippen molar-refractivity contribution in [2.45, 2.75) is 20.8 Å². The molecule has 0 aliphatic rings. The Morgan fingerprint density at radius 3 is 1.31 bits per heavy atom. The lowest BCUT2D eigenvalue weighted by Crippen LogP contribution is -1.69. The van der Waals surface area contributed by atoms with Gasteiger partial charge < -0.3 is 4.79 Å². The molecule has 0 aromatic carbocycles. The molecule has 0 spiro atoms. The van der Waals surface area contributed by atoms with E-state index in [1.54, 1.807) is 6.08 Å². The topological polar surface area (TPSA) is 34.1 Å². The van der Waals surface area contributed by atoms with Crippen molar-refractivity contribution < 1.29 is 9.59 Å². The first kappa shape index (κ1) is 17.6. The van der Waals surface area contributed by atoms with Crippen molar-refractivity contribution in [3.63, 3.8) is 0 Å². The Bertz CT molecular complexity index is 169. The average molecular weight is 182 g/mol. The molecular weight excluding hydrogens is 164 g/mol. The maximum absolute atomic E-state index is 9.44. The lowest BCUT2D eigenvalue weighted by molar-refractivity contribution is -0.115. The molecule has 0 unspecified atom stereocenters. The van der Waals surface area contributed by atoms with Gasteiger partial charge in [-0.1, -0.05) is 31.4 Å². The Hall–Kier alpha value is -1.44. The molecule has 2 nitrogen and oxygen atoms in total. The summed E-state index contributed by atoms with van der Waals surface area (Å²) in [6.07, 6.45) is 3.56. The third kappa shape index (κ3) is 318. The van der Waals surface area contributed by atoms with Gasteiger partial charge in [0.1, 0.15) is 12.1 Å². The smallest absolute Gasteiger partial charge is 0.142 e. The van der Waals surface area contributed by atoms with Crippen LogP contribution in [0.3, 0.4) is 0 Å². The molecule has 74 valence electrons. The minimum Gasteiger partial charge on any atom is -0.300 e. The first-order valence-electron chi connectivity index (χ1n) is 3.73. The van der Waals surface area contributed by atoms with Crippen LogP contribution in [0.2, 0.25) is 0 Å². The summed E-state index contributed by atoms with van der Waals surface area (Å²) in [6.45, 7) is 15.1. The van der Waals surface area contributed by atoms with Crippen molar-refractivity contribution in [1.29, 1.82) is 0 Å². The zero-order valence-electron chi connectivity index (χ0n) is 8.67. The SMILES string of the molecule is C=CC(=C)C.C=CC=O.CC(C)=O. The molecular formula is C11H18O2. The molecule has 2 heteroatoms. The highest BCUT2D eigenvalue weighted by Gasteiger charge is 1.62. The van der Waals surface area contributed by atoms with Crippen LogP contribution in [0, 0.1) is 0 Å². The summed E-state index contributed by atoms with van der Waals surface area (Å²) < 4.78 is 0. The normalized spacial score (nSPS) is 6.08. The van der Waals surface area contributed by atoms with Crippen LogP contribution < -0.4 is 0 Å². The van der Waals surface area contributed by atoms with Crippen LogP contribution in [0.5, 0.6) is 0 Å². The van der Waals surface area contributed by atoms with Crippen molar-refractivity contribution >= 4 is 12.1 Å². The number of Topliss-reactive ketones (excluding diaryl/α,β-unsaturated/α-hetero) is 1. The second kappa shape index (κ2) is 16.9. The molecule has 0 aromatic rings. The molecule has 0 amide bonds. The van der Waals surface area contributed by atoms with E-state index in [0.29, 0.717) is 6.29 Å². The summed E-state index contributed by atoms with van der Waals surface area (Å²) in [7, 11) is 0. The van der Waals surface area contributed by atoms with Crippen LogP contribution in [-0.2, 0) is 9.59 Å². The maximum atomic E-state index is 9.44. The van der Waals surface area contributed by atoms with Gasteiger partial charge in [0.25, 0.3) is 0 Å². The van der Waals surface area contributed by atoms with Gasteiger partial charge in [0.15, 0.2) is 0 Å². The van der Waals surface area contributed by atoms with E-state index in [0.717, 1.165) is 5.57 Å². The molecule has 0 atom stereocenters. The molecule has 0 fully saturated rings. The van der Waals surface area contributed by atoms with E-state index >= 15 is 0 Å². The van der Waals surface area contributed by atoms with E-state index in [1.165, 1.54) is 19.9 Å². The number of ketones is 1. The monoisotopic (exact) mass is 182 g/mol. The molecule has 0 aliphatic carbocycles. The number of rotatable bonds is 2. The molecule has 0 saturated carbocycles. The van der Waals surface area contributed by atoms with Crippen molar-refractivity contribution in [3.8, 4) is 0 Å². The first-order valence-corrected chi connectivity index (χ1v) is 3.73. The largest absolute Gasteiger partial charge is 0.300 e. The number of carbonyl (C=O) groups excluding carboxylic acids is 2. The summed E-state index contributed by atoms with van der Waals surface area (Å²) in [4.78, 5) is 18.5. The quantitative estimate of drug-likeness (QED) is 0.374. The third-order valence-electron chi connectivity index (χ3n) is 0.445. The predicted octanol–water partition coefficient (Wildman–Crippen LogP) is 2.72. The van der Waals surface area contributed by atoms with Crippen LogP contribution in [-0.4, -0.2) is 12.1 Å². The zero-order valence-corrected chi connectivity index (χ0v) is 8.67. The van der Waals surface area contributed by atoms with Gasteiger partial charge in [0.05, 0.1) is 0 Å². The minimum absolute atomic E-state index is 0.167. The van der Waals surface area contributed by atoms with E-state index in [9.17, 15) is 4.79 Å². The maximum Gasteiger partial charge on any atom is 0.142 e. The number of hydrogen-bond donors (Lipinski definition) is 0. The van der Waals surface area contributed by atoms with Crippen molar-refractivity contribution in [2.75, 3.05) is 0 Å². The summed E-state index contributed by atoms with van der Waals surface area (Å²) in [5.74, 6) is 0.167. The molecule has 0 aromatic heterocycles. The second-order valence-electron chi connectivity index (χ2n) is 2.33. The molecule has 0 N–H and O–H groups in total. The van der Waals surface area contributed by atoms with Gasteiger partial charge in [-0.25, -0.2) is 0 Å². The highest BCUT2D eigenvalue weighted by Crippen LogP contribution is 1.81. The molecule has 0 saturated heterocycles. The fraction of sp³-hybridized carbons (Fsp3) is 0.273. The minimum atomic E-state index is 0.167. The van der Waals surface area contributed by atoms with Gasteiger partial charge in [0.2, 0.25) is 0 Å². The van der Waals surface area contributed by atoms with E-state index in [1.807, 2.05) is 6.92 Å². The summed E-state index contributed by atoms with van der Waals surface area (Å²) in [5.41, 5.74) is 1.02. The standard InChI is InChI=1S/C5H8.C3H6O.C3H4O/c1-4-5(2)3;1-3(2)4;1-2-3-4/h4H,1-2H2,3H3;1-2H3;2-3H,1H2. The Balaban J connectivity index is -0.000000117. The van der Waals surface area contributed by atoms with Gasteiger partial charge in [-0.05, 0) is 26.8 Å². The molecule has 0 rings (SSSR count). The number of aldehydes is 1. The van der Waals surface area contributed by atoms with E-state index in [2.05, 4.69) is 19.7 Å². The van der Waals surface area contributed by atoms with E-state index in [-0.39, 0.29) is 5.78 Å². The Labute approximate surface area is 80.7 Å². The van der Waals surface area contributed by atoms with Crippen molar-refractivity contribution in [2.24, 2.45) is 0 Å². The Morgan fingerprint density at radius 2 is 1.31 bits per heavy atom. The molecule has 13 heavy (non-hydrogen) atoms. The summed E-state index contributed by atoms with van der Waals surface area (Å²) >= 11 is 0. The zero-order chi connectivity index (χ0) is 11.3. The lowest BCUT2D eigenvalue weighted by Gasteiger charge is -1.71. The first-order chi connectivity index (χ1) is 5.92. The van der Waals surface area contributed by atoms with Crippen LogP contribution in [0.4, 0.5) is 0 Å². The molecule has 0 radical (unpaired) electrons. The molecule has 0 heterocycles. The van der Waals surface area contributed by atoms with Gasteiger partial charge in [0, 0.05) is 0 Å². The molecule has 0 bridgehead atoms. The highest BCUT2D eigenvalue weighted by molar-refractivity contribution is 5.72. The van der Waals surface area contributed by atoms with Crippen LogP contribution in [0.15, 0.2) is 37.5 Å². The lowest BCUT2D eigenvalue weighted by atomic mass is 10.4. The van der Waals surface area contributed by atoms with E-state index < -0.39 is 0 Å². The van der Waals surface area contributed by atoms with Crippen molar-refractivity contribution in [3.05, 3.63) is 37.5 Å². The van der Waals surface area contributed by atoms with Gasteiger partial charge >= 0.3 is 0 Å². The predicted molar refractivity (Wildman–Crippen MR) is 57.6 cm³/mol. The van der Waals surface area contributed by atoms with Crippen LogP contribution >= 0.6 is 0 Å². The number of hydrogen-bond acceptors (Lipinski definition) is 2. The van der Waals surface area contributed by atoms with Crippen LogP contribution in [0.1, 0.15) is 20.8 Å². The Morgan fingerprint density at radius 1 is 1.15 bits per heavy atom. The Kier molecular flexibility index (Phi) is 22.9. The fourth-order valence-corrected chi connectivity index (χ4v) is 0. The second-order valence-corrected chi connectivity index (χ2v) is 2.33. The highest BCUT2D eigenvalue weighted by atomic mass is 16.1. The molecule has 0 aliphatic heterocycles. The average Bonchev–Trinajstić information content (AvgIpc) is 2.04. The fourth-order valence-electron chi connectivity index (χ4n) is 0. The van der Waals surface area contributed by atoms with Gasteiger partial charge in [-0.2, -0.15) is 0 Å². The number of carbonyl (C=O) groups is 2. The summed E-state index contributed by atoms with van der Waals surface area (Å²) in [5, 5.41) is 0. The van der Waals surface area contributed by atoms with Gasteiger partial charge in [-0.15, -0.1) is 0 Å². The summed E-state index contributed by atoms with van der Waals surface area (Å²) in [6, 6.07) is 0. The van der Waals surface area contributed by atoms with Crippen LogP contribution in [0.25, 0.3) is 0 Å².